The fourth-order valence-corrected chi connectivity index (χ4v) is 2.85. The van der Waals surface area contributed by atoms with Crippen LogP contribution in [0.4, 0.5) is 5.69 Å². The Kier molecular flexibility index (Phi) is 4.65. The van der Waals surface area contributed by atoms with Gasteiger partial charge in [0.1, 0.15) is 0 Å². The number of aryl methyl sites for hydroxylation is 1. The summed E-state index contributed by atoms with van der Waals surface area (Å²) in [6.07, 6.45) is 0.687. The average molecular weight is 364 g/mol. The molecule has 0 radical (unpaired) electrons. The van der Waals surface area contributed by atoms with Crippen molar-refractivity contribution in [2.24, 2.45) is 14.1 Å². The number of fused-ring (bicyclic) bond motifs is 1. The summed E-state index contributed by atoms with van der Waals surface area (Å²) in [7, 11) is 2.97. The van der Waals surface area contributed by atoms with E-state index in [1.165, 1.54) is 17.9 Å². The number of hydrogen-bond donors (Lipinski definition) is 2. The summed E-state index contributed by atoms with van der Waals surface area (Å²) in [4.78, 5) is 28.4. The average Bonchev–Trinajstić information content (AvgIpc) is 3.00. The van der Waals surface area contributed by atoms with Crippen LogP contribution in [0.15, 0.2) is 40.2 Å². The SMILES string of the molecule is Cn1c(=O)c2c(ncn2C[C@@H](O)CNc2cccc(Cl)c2)n(C)c1=O. The van der Waals surface area contributed by atoms with E-state index in [1.807, 2.05) is 12.1 Å². The maximum atomic E-state index is 12.4. The molecule has 0 aliphatic rings. The first-order valence-electron chi connectivity index (χ1n) is 7.67. The van der Waals surface area contributed by atoms with Gasteiger partial charge in [-0.05, 0) is 18.2 Å². The lowest BCUT2D eigenvalue weighted by molar-refractivity contribution is 0.168. The van der Waals surface area contributed by atoms with Crippen LogP contribution >= 0.6 is 11.6 Å². The van der Waals surface area contributed by atoms with Gasteiger partial charge in [-0.2, -0.15) is 0 Å². The molecule has 3 rings (SSSR count). The Bertz CT molecular complexity index is 1040. The molecule has 2 aromatic heterocycles. The van der Waals surface area contributed by atoms with Crippen LogP contribution in [0.2, 0.25) is 5.02 Å². The molecule has 9 heteroatoms. The van der Waals surface area contributed by atoms with E-state index in [9.17, 15) is 14.7 Å². The summed E-state index contributed by atoms with van der Waals surface area (Å²) in [6, 6.07) is 7.18. The number of benzene rings is 1. The maximum absolute atomic E-state index is 12.4. The molecular formula is C16H18ClN5O3. The second-order valence-corrected chi connectivity index (χ2v) is 6.26. The zero-order valence-electron chi connectivity index (χ0n) is 13.8. The van der Waals surface area contributed by atoms with Crippen molar-refractivity contribution in [3.63, 3.8) is 0 Å². The number of anilines is 1. The minimum Gasteiger partial charge on any atom is -0.389 e. The molecule has 0 fully saturated rings. The van der Waals surface area contributed by atoms with Crippen LogP contribution in [0.1, 0.15) is 0 Å². The Labute approximate surface area is 147 Å². The van der Waals surface area contributed by atoms with Gasteiger partial charge in [-0.25, -0.2) is 9.78 Å². The number of rotatable bonds is 5. The van der Waals surface area contributed by atoms with E-state index in [1.54, 1.807) is 23.7 Å². The van der Waals surface area contributed by atoms with Crippen molar-refractivity contribution in [2.45, 2.75) is 12.6 Å². The highest BCUT2D eigenvalue weighted by Gasteiger charge is 2.16. The van der Waals surface area contributed by atoms with Gasteiger partial charge in [0.05, 0.1) is 19.0 Å². The number of aromatic nitrogens is 4. The van der Waals surface area contributed by atoms with Crippen LogP contribution in [0.3, 0.4) is 0 Å². The topological polar surface area (TPSA) is 94.1 Å². The standard InChI is InChI=1S/C16H18ClN5O3/c1-20-14-13(15(24)21(2)16(20)25)22(9-19-14)8-12(23)7-18-11-5-3-4-10(17)6-11/h3-6,9,12,18,23H,7-8H2,1-2H3/t12-/m0/s1. The predicted octanol–water partition coefficient (Wildman–Crippen LogP) is 0.560. The van der Waals surface area contributed by atoms with E-state index in [0.29, 0.717) is 10.7 Å². The Hall–Kier alpha value is -2.58. The van der Waals surface area contributed by atoms with Gasteiger partial charge in [-0.3, -0.25) is 13.9 Å². The Morgan fingerprint density at radius 1 is 1.28 bits per heavy atom. The molecule has 0 bridgehead atoms. The highest BCUT2D eigenvalue weighted by atomic mass is 35.5. The van der Waals surface area contributed by atoms with Gasteiger partial charge in [0, 0.05) is 31.4 Å². The van der Waals surface area contributed by atoms with Crippen LogP contribution < -0.4 is 16.6 Å². The predicted molar refractivity (Wildman–Crippen MR) is 96.2 cm³/mol. The first-order chi connectivity index (χ1) is 11.9. The molecule has 0 saturated carbocycles. The Morgan fingerprint density at radius 2 is 2.04 bits per heavy atom. The molecule has 2 N–H and O–H groups in total. The Balaban J connectivity index is 1.81. The second-order valence-electron chi connectivity index (χ2n) is 5.82. The van der Waals surface area contributed by atoms with Gasteiger partial charge in [0.15, 0.2) is 11.2 Å². The quantitative estimate of drug-likeness (QED) is 0.690. The number of hydrogen-bond acceptors (Lipinski definition) is 5. The van der Waals surface area contributed by atoms with Crippen molar-refractivity contribution in [2.75, 3.05) is 11.9 Å². The number of aliphatic hydroxyl groups excluding tert-OH is 1. The third-order valence-corrected chi connectivity index (χ3v) is 4.23. The van der Waals surface area contributed by atoms with Crippen molar-refractivity contribution in [1.82, 2.24) is 18.7 Å². The van der Waals surface area contributed by atoms with Gasteiger partial charge in [-0.1, -0.05) is 17.7 Å². The molecule has 1 aromatic carbocycles. The number of nitrogens with one attached hydrogen (secondary N) is 1. The van der Waals surface area contributed by atoms with Gasteiger partial charge in [0.2, 0.25) is 0 Å². The highest BCUT2D eigenvalue weighted by Crippen LogP contribution is 2.15. The number of halogens is 1. The van der Waals surface area contributed by atoms with Crippen LogP contribution in [-0.2, 0) is 20.6 Å². The van der Waals surface area contributed by atoms with Gasteiger partial charge in [0.25, 0.3) is 5.56 Å². The summed E-state index contributed by atoms with van der Waals surface area (Å²) in [5.74, 6) is 0. The first-order valence-corrected chi connectivity index (χ1v) is 8.04. The summed E-state index contributed by atoms with van der Waals surface area (Å²) in [5, 5.41) is 14.0. The second kappa shape index (κ2) is 6.73. The summed E-state index contributed by atoms with van der Waals surface area (Å²) < 4.78 is 3.89. The molecule has 0 saturated heterocycles. The lowest BCUT2D eigenvalue weighted by Crippen LogP contribution is -2.38. The molecule has 0 unspecified atom stereocenters. The zero-order valence-corrected chi connectivity index (χ0v) is 14.6. The van der Waals surface area contributed by atoms with E-state index in [4.69, 9.17) is 11.6 Å². The zero-order chi connectivity index (χ0) is 18.1. The van der Waals surface area contributed by atoms with Gasteiger partial charge in [-0.15, -0.1) is 0 Å². The largest absolute Gasteiger partial charge is 0.389 e. The van der Waals surface area contributed by atoms with Crippen molar-refractivity contribution < 1.29 is 5.11 Å². The van der Waals surface area contributed by atoms with Crippen molar-refractivity contribution in [1.29, 1.82) is 0 Å². The minimum absolute atomic E-state index is 0.164. The molecule has 1 atom stereocenters. The molecule has 25 heavy (non-hydrogen) atoms. The normalized spacial score (nSPS) is 12.5. The maximum Gasteiger partial charge on any atom is 0.332 e. The Morgan fingerprint density at radius 3 is 2.76 bits per heavy atom. The van der Waals surface area contributed by atoms with Crippen molar-refractivity contribution in [3.8, 4) is 0 Å². The van der Waals surface area contributed by atoms with Gasteiger partial charge < -0.3 is 15.0 Å². The summed E-state index contributed by atoms with van der Waals surface area (Å²) in [6.45, 7) is 0.434. The van der Waals surface area contributed by atoms with Crippen LogP contribution in [-0.4, -0.2) is 36.4 Å². The monoisotopic (exact) mass is 363 g/mol. The third kappa shape index (κ3) is 3.31. The van der Waals surface area contributed by atoms with Crippen LogP contribution in [0.5, 0.6) is 0 Å². The number of aliphatic hydroxyl groups is 1. The molecule has 8 nitrogen and oxygen atoms in total. The fraction of sp³-hybridized carbons (Fsp3) is 0.312. The van der Waals surface area contributed by atoms with Gasteiger partial charge >= 0.3 is 5.69 Å². The van der Waals surface area contributed by atoms with E-state index in [-0.39, 0.29) is 18.6 Å². The van der Waals surface area contributed by atoms with Crippen molar-refractivity contribution >= 4 is 28.5 Å². The highest BCUT2D eigenvalue weighted by molar-refractivity contribution is 6.30. The van der Waals surface area contributed by atoms with Crippen LogP contribution in [0.25, 0.3) is 11.2 Å². The minimum atomic E-state index is -0.765. The fourth-order valence-electron chi connectivity index (χ4n) is 2.66. The molecule has 0 spiro atoms. The number of nitrogens with zero attached hydrogens (tertiary/aromatic N) is 4. The first kappa shape index (κ1) is 17.2. The molecule has 0 amide bonds. The van der Waals surface area contributed by atoms with Crippen LogP contribution in [0, 0.1) is 0 Å². The molecule has 3 aromatic rings. The summed E-state index contributed by atoms with van der Waals surface area (Å²) >= 11 is 5.92. The third-order valence-electron chi connectivity index (χ3n) is 3.99. The molecular weight excluding hydrogens is 346 g/mol. The number of imidazole rings is 1. The van der Waals surface area contributed by atoms with E-state index >= 15 is 0 Å². The molecule has 132 valence electrons. The lowest BCUT2D eigenvalue weighted by atomic mass is 10.3. The summed E-state index contributed by atoms with van der Waals surface area (Å²) in [5.41, 5.74) is 0.492. The van der Waals surface area contributed by atoms with Crippen molar-refractivity contribution in [3.05, 3.63) is 56.5 Å². The lowest BCUT2D eigenvalue weighted by Gasteiger charge is -2.14. The smallest absolute Gasteiger partial charge is 0.332 e. The molecule has 0 aliphatic carbocycles. The molecule has 0 aliphatic heterocycles. The van der Waals surface area contributed by atoms with E-state index in [0.717, 1.165) is 10.3 Å². The molecule has 2 heterocycles. The van der Waals surface area contributed by atoms with E-state index in [2.05, 4.69) is 10.3 Å². The van der Waals surface area contributed by atoms with E-state index < -0.39 is 17.4 Å².